The van der Waals surface area contributed by atoms with E-state index in [4.69, 9.17) is 9.47 Å². The van der Waals surface area contributed by atoms with E-state index in [0.29, 0.717) is 12.4 Å². The smallest absolute Gasteiger partial charge is 0.287 e. The number of nitrogens with zero attached hydrogens (tertiary/aromatic N) is 2. The Morgan fingerprint density at radius 1 is 1.33 bits per heavy atom. The number of nitro groups is 1. The number of hydrogen-bond acceptors (Lipinski definition) is 6. The molecule has 21 heavy (non-hydrogen) atoms. The van der Waals surface area contributed by atoms with Crippen LogP contribution in [0.15, 0.2) is 30.5 Å². The maximum Gasteiger partial charge on any atom is 0.287 e. The number of fused-ring (bicyclic) bond motifs is 1. The number of ether oxygens (including phenoxy) is 2. The molecule has 7 heteroatoms. The number of aromatic nitrogens is 1. The molecule has 108 valence electrons. The van der Waals surface area contributed by atoms with Crippen LogP contribution in [0, 0.1) is 17.0 Å². The highest BCUT2D eigenvalue weighted by Crippen LogP contribution is 2.32. The van der Waals surface area contributed by atoms with Gasteiger partial charge in [-0.05, 0) is 30.2 Å². The van der Waals surface area contributed by atoms with Crippen LogP contribution in [0.4, 0.5) is 11.5 Å². The lowest BCUT2D eigenvalue weighted by Crippen LogP contribution is -2.04. The molecule has 1 aromatic heterocycles. The van der Waals surface area contributed by atoms with Gasteiger partial charge in [0.25, 0.3) is 5.69 Å². The van der Waals surface area contributed by atoms with Crippen LogP contribution in [0.1, 0.15) is 11.1 Å². The molecule has 0 bridgehead atoms. The zero-order valence-electron chi connectivity index (χ0n) is 11.3. The average Bonchev–Trinajstić information content (AvgIpc) is 2.93. The van der Waals surface area contributed by atoms with Crippen molar-refractivity contribution in [3.8, 4) is 11.5 Å². The molecule has 0 fully saturated rings. The summed E-state index contributed by atoms with van der Waals surface area (Å²) >= 11 is 0. The number of hydrogen-bond donors (Lipinski definition) is 1. The van der Waals surface area contributed by atoms with Gasteiger partial charge in [-0.1, -0.05) is 6.07 Å². The summed E-state index contributed by atoms with van der Waals surface area (Å²) in [4.78, 5) is 14.3. The zero-order valence-corrected chi connectivity index (χ0v) is 11.3. The SMILES string of the molecule is Cc1cc([N+](=O)[O-])cnc1NCc1ccc2c(c1)OCO2. The van der Waals surface area contributed by atoms with Gasteiger partial charge in [-0.3, -0.25) is 10.1 Å². The maximum absolute atomic E-state index is 10.7. The van der Waals surface area contributed by atoms with Crippen molar-refractivity contribution in [3.05, 3.63) is 51.7 Å². The van der Waals surface area contributed by atoms with Gasteiger partial charge >= 0.3 is 0 Å². The van der Waals surface area contributed by atoms with E-state index in [9.17, 15) is 10.1 Å². The molecule has 0 radical (unpaired) electrons. The Hall–Kier alpha value is -2.83. The molecule has 0 amide bonds. The number of benzene rings is 1. The van der Waals surface area contributed by atoms with E-state index < -0.39 is 4.92 Å². The highest BCUT2D eigenvalue weighted by molar-refractivity contribution is 5.50. The van der Waals surface area contributed by atoms with Crippen LogP contribution in [-0.2, 0) is 6.54 Å². The minimum Gasteiger partial charge on any atom is -0.454 e. The third-order valence-electron chi connectivity index (χ3n) is 3.17. The highest BCUT2D eigenvalue weighted by Gasteiger charge is 2.13. The van der Waals surface area contributed by atoms with E-state index in [-0.39, 0.29) is 12.5 Å². The second-order valence-corrected chi connectivity index (χ2v) is 4.66. The first-order chi connectivity index (χ1) is 10.1. The molecule has 1 aliphatic heterocycles. The van der Waals surface area contributed by atoms with Gasteiger partial charge in [-0.25, -0.2) is 4.98 Å². The fourth-order valence-corrected chi connectivity index (χ4v) is 2.08. The fourth-order valence-electron chi connectivity index (χ4n) is 2.08. The van der Waals surface area contributed by atoms with Gasteiger partial charge in [-0.15, -0.1) is 0 Å². The molecule has 0 aliphatic carbocycles. The van der Waals surface area contributed by atoms with E-state index in [1.165, 1.54) is 12.3 Å². The highest BCUT2D eigenvalue weighted by atomic mass is 16.7. The van der Waals surface area contributed by atoms with Crippen molar-refractivity contribution in [2.24, 2.45) is 0 Å². The van der Waals surface area contributed by atoms with Crippen molar-refractivity contribution in [3.63, 3.8) is 0 Å². The van der Waals surface area contributed by atoms with Crippen molar-refractivity contribution in [2.75, 3.05) is 12.1 Å². The lowest BCUT2D eigenvalue weighted by Gasteiger charge is -2.08. The number of aryl methyl sites for hydroxylation is 1. The molecule has 0 saturated heterocycles. The molecule has 1 aromatic carbocycles. The number of pyridine rings is 1. The first-order valence-electron chi connectivity index (χ1n) is 6.37. The van der Waals surface area contributed by atoms with Gasteiger partial charge in [0.05, 0.1) is 4.92 Å². The monoisotopic (exact) mass is 287 g/mol. The van der Waals surface area contributed by atoms with Crippen molar-refractivity contribution < 1.29 is 14.4 Å². The van der Waals surface area contributed by atoms with Gasteiger partial charge in [0.1, 0.15) is 12.0 Å². The first-order valence-corrected chi connectivity index (χ1v) is 6.37. The van der Waals surface area contributed by atoms with Gasteiger partial charge < -0.3 is 14.8 Å². The van der Waals surface area contributed by atoms with Gasteiger partial charge in [0, 0.05) is 12.6 Å². The molecule has 2 heterocycles. The Kier molecular flexibility index (Phi) is 3.31. The van der Waals surface area contributed by atoms with E-state index >= 15 is 0 Å². The van der Waals surface area contributed by atoms with Crippen molar-refractivity contribution >= 4 is 11.5 Å². The molecule has 0 atom stereocenters. The molecular formula is C14H13N3O4. The zero-order chi connectivity index (χ0) is 14.8. The van der Waals surface area contributed by atoms with E-state index in [1.54, 1.807) is 6.92 Å². The van der Waals surface area contributed by atoms with Crippen LogP contribution < -0.4 is 14.8 Å². The second-order valence-electron chi connectivity index (χ2n) is 4.66. The Bertz CT molecular complexity index is 703. The molecular weight excluding hydrogens is 274 g/mol. The average molecular weight is 287 g/mol. The molecule has 0 spiro atoms. The van der Waals surface area contributed by atoms with Crippen LogP contribution in [0.5, 0.6) is 11.5 Å². The van der Waals surface area contributed by atoms with Gasteiger partial charge in [-0.2, -0.15) is 0 Å². The standard InChI is InChI=1S/C14H13N3O4/c1-9-4-11(17(18)19)7-16-14(9)15-6-10-2-3-12-13(5-10)21-8-20-12/h2-5,7H,6,8H2,1H3,(H,15,16). The molecule has 7 nitrogen and oxygen atoms in total. The summed E-state index contributed by atoms with van der Waals surface area (Å²) in [6.07, 6.45) is 1.25. The Labute approximate surface area is 120 Å². The van der Waals surface area contributed by atoms with Crippen LogP contribution in [-0.4, -0.2) is 16.7 Å². The molecule has 0 unspecified atom stereocenters. The quantitative estimate of drug-likeness (QED) is 0.687. The summed E-state index contributed by atoms with van der Waals surface area (Å²) in [5, 5.41) is 13.8. The Balaban J connectivity index is 1.71. The summed E-state index contributed by atoms with van der Waals surface area (Å²) in [7, 11) is 0. The molecule has 1 aliphatic rings. The summed E-state index contributed by atoms with van der Waals surface area (Å²) in [5.41, 5.74) is 1.73. The number of rotatable bonds is 4. The van der Waals surface area contributed by atoms with E-state index in [0.717, 1.165) is 22.6 Å². The lowest BCUT2D eigenvalue weighted by atomic mass is 10.2. The minimum absolute atomic E-state index is 0.0128. The maximum atomic E-state index is 10.7. The van der Waals surface area contributed by atoms with Gasteiger partial charge in [0.15, 0.2) is 11.5 Å². The second kappa shape index (κ2) is 5.28. The molecule has 2 aromatic rings. The van der Waals surface area contributed by atoms with Crippen LogP contribution in [0.3, 0.4) is 0 Å². The van der Waals surface area contributed by atoms with Crippen molar-refractivity contribution in [1.82, 2.24) is 4.98 Å². The lowest BCUT2D eigenvalue weighted by molar-refractivity contribution is -0.385. The normalized spacial score (nSPS) is 12.2. The number of nitrogens with one attached hydrogen (secondary N) is 1. The fraction of sp³-hybridized carbons (Fsp3) is 0.214. The molecule has 1 N–H and O–H groups in total. The van der Waals surface area contributed by atoms with Crippen molar-refractivity contribution in [1.29, 1.82) is 0 Å². The Morgan fingerprint density at radius 3 is 2.90 bits per heavy atom. The van der Waals surface area contributed by atoms with Crippen LogP contribution >= 0.6 is 0 Å². The van der Waals surface area contributed by atoms with Gasteiger partial charge in [0.2, 0.25) is 6.79 Å². The van der Waals surface area contributed by atoms with Crippen LogP contribution in [0.2, 0.25) is 0 Å². The first kappa shape index (κ1) is 13.2. The summed E-state index contributed by atoms with van der Waals surface area (Å²) in [5.74, 6) is 2.09. The largest absolute Gasteiger partial charge is 0.454 e. The predicted octanol–water partition coefficient (Wildman–Crippen LogP) is 2.64. The predicted molar refractivity (Wildman–Crippen MR) is 75.5 cm³/mol. The number of anilines is 1. The summed E-state index contributed by atoms with van der Waals surface area (Å²) in [6, 6.07) is 7.18. The molecule has 0 saturated carbocycles. The summed E-state index contributed by atoms with van der Waals surface area (Å²) < 4.78 is 10.6. The third kappa shape index (κ3) is 2.71. The minimum atomic E-state index is -0.457. The topological polar surface area (TPSA) is 86.5 Å². The Morgan fingerprint density at radius 2 is 2.14 bits per heavy atom. The third-order valence-corrected chi connectivity index (χ3v) is 3.17. The molecule has 3 rings (SSSR count). The van der Waals surface area contributed by atoms with Crippen LogP contribution in [0.25, 0.3) is 0 Å². The summed E-state index contributed by atoms with van der Waals surface area (Å²) in [6.45, 7) is 2.57. The van der Waals surface area contributed by atoms with E-state index in [2.05, 4.69) is 10.3 Å². The van der Waals surface area contributed by atoms with Crippen molar-refractivity contribution in [2.45, 2.75) is 13.5 Å². The van der Waals surface area contributed by atoms with E-state index in [1.807, 2.05) is 18.2 Å².